The highest BCUT2D eigenvalue weighted by molar-refractivity contribution is 7.92. The van der Waals surface area contributed by atoms with Gasteiger partial charge in [-0.05, 0) is 55.4 Å². The van der Waals surface area contributed by atoms with E-state index < -0.39 is 39.6 Å². The first-order valence-electron chi connectivity index (χ1n) is 9.50. The molecule has 2 amide bonds. The van der Waals surface area contributed by atoms with Gasteiger partial charge in [0.15, 0.2) is 12.1 Å². The molecule has 8 N–H and O–H groups in total. The van der Waals surface area contributed by atoms with Gasteiger partial charge in [0.25, 0.3) is 15.6 Å². The Morgan fingerprint density at radius 2 is 1.70 bits per heavy atom. The van der Waals surface area contributed by atoms with Crippen LogP contribution in [0.4, 0.5) is 11.4 Å². The molecule has 178 valence electrons. The van der Waals surface area contributed by atoms with Gasteiger partial charge in [-0.15, -0.1) is 0 Å². The molecule has 0 saturated heterocycles. The van der Waals surface area contributed by atoms with Gasteiger partial charge < -0.3 is 27.4 Å². The molecule has 33 heavy (non-hydrogen) atoms. The Morgan fingerprint density at radius 3 is 2.21 bits per heavy atom. The summed E-state index contributed by atoms with van der Waals surface area (Å²) in [6.07, 6.45) is -1.06. The molecular formula is C19H25N7O6S. The van der Waals surface area contributed by atoms with Crippen LogP contribution in [0.3, 0.4) is 0 Å². The number of aryl methyl sites for hydroxylation is 1. The van der Waals surface area contributed by atoms with Crippen LogP contribution in [0, 0.1) is 6.92 Å². The quantitative estimate of drug-likeness (QED) is 0.180. The van der Waals surface area contributed by atoms with Crippen molar-refractivity contribution < 1.29 is 22.8 Å². The number of primary amides is 1. The summed E-state index contributed by atoms with van der Waals surface area (Å²) < 4.78 is 28.8. The predicted molar refractivity (Wildman–Crippen MR) is 122 cm³/mol. The topological polar surface area (TPSA) is 214 Å². The summed E-state index contributed by atoms with van der Waals surface area (Å²) >= 11 is 0. The molecular weight excluding hydrogens is 454 g/mol. The van der Waals surface area contributed by atoms with Gasteiger partial charge in [-0.25, -0.2) is 8.42 Å². The van der Waals surface area contributed by atoms with E-state index in [1.165, 1.54) is 57.2 Å². The zero-order valence-corrected chi connectivity index (χ0v) is 18.9. The van der Waals surface area contributed by atoms with Gasteiger partial charge >= 0.3 is 0 Å². The number of benzene rings is 1. The monoisotopic (exact) mass is 479 g/mol. The second kappa shape index (κ2) is 10.0. The van der Waals surface area contributed by atoms with Gasteiger partial charge in [-0.1, -0.05) is 0 Å². The number of rotatable bonds is 9. The Hall–Kier alpha value is -4.07. The molecule has 13 nitrogen and oxygen atoms in total. The number of nitrogens with zero attached hydrogens (tertiary/aromatic N) is 2. The van der Waals surface area contributed by atoms with Gasteiger partial charge in [-0.3, -0.25) is 23.7 Å². The number of pyridine rings is 1. The van der Waals surface area contributed by atoms with Gasteiger partial charge in [0.05, 0.1) is 4.90 Å². The summed E-state index contributed by atoms with van der Waals surface area (Å²) in [6.45, 7) is 4.27. The van der Waals surface area contributed by atoms with Gasteiger partial charge in [0.1, 0.15) is 5.69 Å². The van der Waals surface area contributed by atoms with Crippen LogP contribution in [0.2, 0.25) is 0 Å². The number of carbonyl (C=O) groups is 2. The van der Waals surface area contributed by atoms with Crippen molar-refractivity contribution in [3.8, 4) is 0 Å². The average Bonchev–Trinajstić information content (AvgIpc) is 2.71. The van der Waals surface area contributed by atoms with Crippen molar-refractivity contribution in [2.45, 2.75) is 37.8 Å². The minimum Gasteiger partial charge on any atom is -0.387 e. The SMILES string of the molecule is CC(=O)Nc1ccc(S(=O)(=O)Nc2ccc(C)n(C(C(N)=O)C(C)ON=C(N)N)c2=O)cc1. The lowest BCUT2D eigenvalue weighted by Crippen LogP contribution is -2.42. The number of oxime groups is 1. The summed E-state index contributed by atoms with van der Waals surface area (Å²) in [6, 6.07) is 6.67. The molecule has 1 heterocycles. The molecule has 0 aliphatic rings. The fourth-order valence-electron chi connectivity index (χ4n) is 2.96. The number of anilines is 2. The third-order valence-electron chi connectivity index (χ3n) is 4.39. The van der Waals surface area contributed by atoms with Crippen molar-refractivity contribution in [1.82, 2.24) is 4.57 Å². The molecule has 2 atom stereocenters. The highest BCUT2D eigenvalue weighted by Crippen LogP contribution is 2.20. The third kappa shape index (κ3) is 6.22. The number of nitrogens with one attached hydrogen (secondary N) is 2. The number of sulfonamides is 1. The smallest absolute Gasteiger partial charge is 0.275 e. The largest absolute Gasteiger partial charge is 0.387 e. The second-order valence-electron chi connectivity index (χ2n) is 7.05. The van der Waals surface area contributed by atoms with Crippen LogP contribution in [-0.2, 0) is 24.4 Å². The molecule has 0 bridgehead atoms. The fraction of sp³-hybridized carbons (Fsp3) is 0.263. The van der Waals surface area contributed by atoms with E-state index in [-0.39, 0.29) is 16.5 Å². The molecule has 14 heteroatoms. The molecule has 0 radical (unpaired) electrons. The maximum Gasteiger partial charge on any atom is 0.275 e. The Morgan fingerprint density at radius 1 is 1.09 bits per heavy atom. The summed E-state index contributed by atoms with van der Waals surface area (Å²) in [4.78, 5) is 41.2. The lowest BCUT2D eigenvalue weighted by atomic mass is 10.1. The molecule has 2 unspecified atom stereocenters. The van der Waals surface area contributed by atoms with Crippen LogP contribution in [0.5, 0.6) is 0 Å². The lowest BCUT2D eigenvalue weighted by molar-refractivity contribution is -0.125. The third-order valence-corrected chi connectivity index (χ3v) is 5.77. The van der Waals surface area contributed by atoms with Crippen molar-refractivity contribution >= 4 is 39.2 Å². The highest BCUT2D eigenvalue weighted by atomic mass is 32.2. The number of carbonyl (C=O) groups excluding carboxylic acids is 2. The molecule has 0 aliphatic heterocycles. The zero-order valence-electron chi connectivity index (χ0n) is 18.1. The van der Waals surface area contributed by atoms with E-state index in [1.54, 1.807) is 0 Å². The fourth-order valence-corrected chi connectivity index (χ4v) is 4.02. The molecule has 1 aromatic heterocycles. The van der Waals surface area contributed by atoms with E-state index in [2.05, 4.69) is 15.2 Å². The van der Waals surface area contributed by atoms with Crippen molar-refractivity contribution in [3.05, 3.63) is 52.4 Å². The summed E-state index contributed by atoms with van der Waals surface area (Å²) in [5.74, 6) is -1.64. The van der Waals surface area contributed by atoms with Crippen LogP contribution in [0.15, 0.2) is 51.2 Å². The number of nitrogens with two attached hydrogens (primary N) is 3. The van der Waals surface area contributed by atoms with Crippen LogP contribution < -0.4 is 32.8 Å². The van der Waals surface area contributed by atoms with E-state index in [4.69, 9.17) is 22.0 Å². The Bertz CT molecular complexity index is 1230. The summed E-state index contributed by atoms with van der Waals surface area (Å²) in [5, 5.41) is 5.89. The van der Waals surface area contributed by atoms with Crippen molar-refractivity contribution in [3.63, 3.8) is 0 Å². The molecule has 0 aliphatic carbocycles. The predicted octanol–water partition coefficient (Wildman–Crippen LogP) is -0.464. The van der Waals surface area contributed by atoms with Crippen LogP contribution in [0.25, 0.3) is 0 Å². The van der Waals surface area contributed by atoms with Crippen LogP contribution in [0.1, 0.15) is 25.6 Å². The molecule has 0 fully saturated rings. The lowest BCUT2D eigenvalue weighted by Gasteiger charge is -2.24. The van der Waals surface area contributed by atoms with E-state index in [0.717, 1.165) is 4.57 Å². The molecule has 0 spiro atoms. The zero-order chi connectivity index (χ0) is 24.9. The molecule has 0 saturated carbocycles. The maximum absolute atomic E-state index is 13.1. The van der Waals surface area contributed by atoms with Gasteiger partial charge in [-0.2, -0.15) is 0 Å². The van der Waals surface area contributed by atoms with Crippen molar-refractivity contribution in [1.29, 1.82) is 0 Å². The Balaban J connectivity index is 2.44. The van der Waals surface area contributed by atoms with Gasteiger partial charge in [0, 0.05) is 18.3 Å². The van der Waals surface area contributed by atoms with E-state index in [1.807, 2.05) is 0 Å². The Kier molecular flexibility index (Phi) is 7.66. The summed E-state index contributed by atoms with van der Waals surface area (Å²) in [5.41, 5.74) is 15.5. The first-order chi connectivity index (χ1) is 15.3. The number of guanidine groups is 1. The van der Waals surface area contributed by atoms with E-state index >= 15 is 0 Å². The normalized spacial score (nSPS) is 12.8. The Labute approximate surface area is 189 Å². The first-order valence-corrected chi connectivity index (χ1v) is 11.0. The van der Waals surface area contributed by atoms with E-state index in [9.17, 15) is 22.8 Å². The number of hydrogen-bond acceptors (Lipinski definition) is 7. The number of hydrogen-bond donors (Lipinski definition) is 5. The van der Waals surface area contributed by atoms with E-state index in [0.29, 0.717) is 11.4 Å². The number of amides is 2. The minimum absolute atomic E-state index is 0.154. The van der Waals surface area contributed by atoms with Crippen molar-refractivity contribution in [2.75, 3.05) is 10.0 Å². The molecule has 2 aromatic rings. The van der Waals surface area contributed by atoms with Crippen LogP contribution >= 0.6 is 0 Å². The summed E-state index contributed by atoms with van der Waals surface area (Å²) in [7, 11) is -4.18. The maximum atomic E-state index is 13.1. The van der Waals surface area contributed by atoms with Crippen LogP contribution in [-0.4, -0.2) is 36.9 Å². The standard InChI is InChI=1S/C19H25N7O6S/c1-10-4-9-15(18(29)26(10)16(17(20)28)11(2)32-24-19(21)22)25-33(30,31)14-7-5-13(6-8-14)23-12(3)27/h4-9,11,16,25H,1-3H3,(H2,20,28)(H,23,27)(H4,21,22,24). The second-order valence-corrected chi connectivity index (χ2v) is 8.73. The molecule has 2 rings (SSSR count). The molecule has 1 aromatic carbocycles. The van der Waals surface area contributed by atoms with Crippen molar-refractivity contribution in [2.24, 2.45) is 22.4 Å². The minimum atomic E-state index is -4.18. The van der Waals surface area contributed by atoms with Gasteiger partial charge in [0.2, 0.25) is 17.8 Å². The first kappa shape index (κ1) is 25.2. The number of aromatic nitrogens is 1. The average molecular weight is 480 g/mol. The highest BCUT2D eigenvalue weighted by Gasteiger charge is 2.30.